The molecular formula is C17H34O5Si2. The summed E-state index contributed by atoms with van der Waals surface area (Å²) in [5.41, 5.74) is 0.395. The van der Waals surface area contributed by atoms with Crippen molar-refractivity contribution in [3.63, 3.8) is 0 Å². The molecule has 1 saturated heterocycles. The number of rotatable bonds is 8. The molecule has 0 saturated carbocycles. The van der Waals surface area contributed by atoms with E-state index < -0.39 is 21.5 Å². The Labute approximate surface area is 148 Å². The summed E-state index contributed by atoms with van der Waals surface area (Å²) in [4.78, 5) is 11.5. The van der Waals surface area contributed by atoms with Crippen molar-refractivity contribution in [3.05, 3.63) is 12.2 Å². The smallest absolute Gasteiger partial charge is 0.333 e. The van der Waals surface area contributed by atoms with Crippen LogP contribution in [0, 0.1) is 0 Å². The first-order valence-corrected chi connectivity index (χ1v) is 15.9. The molecule has 0 aromatic rings. The molecule has 1 heterocycles. The monoisotopic (exact) mass is 374 g/mol. The van der Waals surface area contributed by atoms with Crippen LogP contribution in [-0.2, 0) is 18.7 Å². The molecule has 1 N–H and O–H groups in total. The van der Waals surface area contributed by atoms with E-state index in [0.29, 0.717) is 12.0 Å². The van der Waals surface area contributed by atoms with Crippen LogP contribution in [0.4, 0.5) is 0 Å². The Morgan fingerprint density at radius 3 is 2.50 bits per heavy atom. The molecular weight excluding hydrogens is 340 g/mol. The largest absolute Gasteiger partial charge is 0.462 e. The third-order valence-electron chi connectivity index (χ3n) is 5.08. The molecule has 0 aromatic heterocycles. The molecule has 1 rings (SSSR count). The minimum absolute atomic E-state index is 0.0227. The lowest BCUT2D eigenvalue weighted by Crippen LogP contribution is -2.63. The first-order valence-electron chi connectivity index (χ1n) is 8.76. The first-order chi connectivity index (χ1) is 11.0. The first kappa shape index (κ1) is 21.6. The van der Waals surface area contributed by atoms with Gasteiger partial charge in [-0.3, -0.25) is 0 Å². The van der Waals surface area contributed by atoms with Crippen molar-refractivity contribution in [1.29, 1.82) is 0 Å². The molecule has 0 amide bonds. The SMILES string of the molecule is C=C(C)C(=O)OCCC(OCC(C)O)C1CC[Si](C)(C)[Si](C)(C)O1. The third-order valence-corrected chi connectivity index (χ3v) is 21.7. The number of esters is 1. The lowest BCUT2D eigenvalue weighted by Gasteiger charge is -2.47. The molecule has 3 unspecified atom stereocenters. The van der Waals surface area contributed by atoms with E-state index in [2.05, 4.69) is 32.8 Å². The average molecular weight is 375 g/mol. The van der Waals surface area contributed by atoms with Crippen LogP contribution in [0.2, 0.25) is 32.2 Å². The van der Waals surface area contributed by atoms with Crippen molar-refractivity contribution in [2.45, 2.75) is 77.2 Å². The van der Waals surface area contributed by atoms with Crippen LogP contribution in [0.1, 0.15) is 26.7 Å². The maximum atomic E-state index is 11.5. The number of aliphatic hydroxyl groups excluding tert-OH is 1. The highest BCUT2D eigenvalue weighted by atomic mass is 29.3. The molecule has 3 atom stereocenters. The molecule has 140 valence electrons. The fourth-order valence-corrected chi connectivity index (χ4v) is 9.30. The average Bonchev–Trinajstić information content (AvgIpc) is 2.45. The minimum Gasteiger partial charge on any atom is -0.462 e. The van der Waals surface area contributed by atoms with Crippen molar-refractivity contribution in [1.82, 2.24) is 0 Å². The van der Waals surface area contributed by atoms with Gasteiger partial charge in [0, 0.05) is 12.0 Å². The van der Waals surface area contributed by atoms with Crippen LogP contribution in [0.25, 0.3) is 0 Å². The summed E-state index contributed by atoms with van der Waals surface area (Å²) >= 11 is 0. The Balaban J connectivity index is 2.68. The predicted molar refractivity (Wildman–Crippen MR) is 101 cm³/mol. The molecule has 0 aliphatic carbocycles. The molecule has 5 nitrogen and oxygen atoms in total. The topological polar surface area (TPSA) is 65.0 Å². The van der Waals surface area contributed by atoms with Crippen molar-refractivity contribution in [3.8, 4) is 0 Å². The van der Waals surface area contributed by atoms with Crippen LogP contribution < -0.4 is 0 Å². The van der Waals surface area contributed by atoms with Gasteiger partial charge in [-0.25, -0.2) is 4.79 Å². The summed E-state index contributed by atoms with van der Waals surface area (Å²) in [5.74, 6) is -0.378. The van der Waals surface area contributed by atoms with Crippen molar-refractivity contribution >= 4 is 21.4 Å². The van der Waals surface area contributed by atoms with E-state index in [1.165, 1.54) is 6.04 Å². The van der Waals surface area contributed by atoms with Crippen molar-refractivity contribution in [2.24, 2.45) is 0 Å². The highest BCUT2D eigenvalue weighted by Gasteiger charge is 2.49. The second-order valence-corrected chi connectivity index (χ2v) is 23.2. The molecule has 7 heteroatoms. The molecule has 0 spiro atoms. The highest BCUT2D eigenvalue weighted by Crippen LogP contribution is 2.35. The third kappa shape index (κ3) is 6.11. The maximum Gasteiger partial charge on any atom is 0.333 e. The number of hydrogen-bond acceptors (Lipinski definition) is 5. The molecule has 1 aliphatic heterocycles. The fourth-order valence-electron chi connectivity index (χ4n) is 2.69. The lowest BCUT2D eigenvalue weighted by molar-refractivity contribution is -0.141. The van der Waals surface area contributed by atoms with Gasteiger partial charge in [-0.1, -0.05) is 25.7 Å². The molecule has 24 heavy (non-hydrogen) atoms. The number of ether oxygens (including phenoxy) is 2. The second kappa shape index (κ2) is 8.75. The second-order valence-electron chi connectivity index (χ2n) is 8.01. The Hall–Kier alpha value is -0.476. The van der Waals surface area contributed by atoms with E-state index in [-0.39, 0.29) is 31.4 Å². The van der Waals surface area contributed by atoms with Crippen LogP contribution in [0.5, 0.6) is 0 Å². The van der Waals surface area contributed by atoms with Gasteiger partial charge in [-0.05, 0) is 33.4 Å². The number of carbonyl (C=O) groups excluding carboxylic acids is 1. The number of hydrogen-bond donors (Lipinski definition) is 1. The Morgan fingerprint density at radius 1 is 1.38 bits per heavy atom. The van der Waals surface area contributed by atoms with Crippen LogP contribution >= 0.6 is 0 Å². The quantitative estimate of drug-likeness (QED) is 0.402. The summed E-state index contributed by atoms with van der Waals surface area (Å²) in [6.45, 7) is 16.9. The van der Waals surface area contributed by atoms with Gasteiger partial charge in [-0.15, -0.1) is 0 Å². The Kier molecular flexibility index (Phi) is 7.87. The van der Waals surface area contributed by atoms with Gasteiger partial charge in [0.05, 0.1) is 39.1 Å². The minimum atomic E-state index is -1.70. The lowest BCUT2D eigenvalue weighted by atomic mass is 10.1. The summed E-state index contributed by atoms with van der Waals surface area (Å²) in [6.07, 6.45) is 0.895. The van der Waals surface area contributed by atoms with E-state index in [1.807, 2.05) is 0 Å². The number of carbonyl (C=O) groups is 1. The predicted octanol–water partition coefficient (Wildman–Crippen LogP) is 3.04. The summed E-state index contributed by atoms with van der Waals surface area (Å²) in [7, 11) is -3.00. The fraction of sp³-hybridized carbons (Fsp3) is 0.824. The molecule has 0 aromatic carbocycles. The standard InChI is InChI=1S/C17H34O5Si2/c1-13(2)17(19)20-10-8-15(21-12-14(3)18)16-9-11-23(4,5)24(6,7)22-16/h14-16,18H,1,8-12H2,2-7H3. The van der Waals surface area contributed by atoms with Crippen molar-refractivity contribution < 1.29 is 23.8 Å². The normalized spacial score (nSPS) is 24.9. The van der Waals surface area contributed by atoms with E-state index >= 15 is 0 Å². The van der Waals surface area contributed by atoms with E-state index in [9.17, 15) is 9.90 Å². The van der Waals surface area contributed by atoms with E-state index in [0.717, 1.165) is 6.42 Å². The van der Waals surface area contributed by atoms with Gasteiger partial charge in [0.25, 0.3) is 0 Å². The zero-order valence-electron chi connectivity index (χ0n) is 16.1. The Morgan fingerprint density at radius 2 is 2.00 bits per heavy atom. The van der Waals surface area contributed by atoms with E-state index in [1.54, 1.807) is 13.8 Å². The van der Waals surface area contributed by atoms with Crippen molar-refractivity contribution in [2.75, 3.05) is 13.2 Å². The molecule has 1 fully saturated rings. The van der Waals surface area contributed by atoms with Gasteiger partial charge < -0.3 is 19.0 Å². The van der Waals surface area contributed by atoms with Gasteiger partial charge in [0.15, 0.2) is 7.83 Å². The molecule has 1 aliphatic rings. The zero-order chi connectivity index (χ0) is 18.5. The summed E-state index contributed by atoms with van der Waals surface area (Å²) < 4.78 is 17.6. The number of aliphatic hydroxyl groups is 1. The molecule has 0 radical (unpaired) electrons. The maximum absolute atomic E-state index is 11.5. The van der Waals surface area contributed by atoms with Crippen LogP contribution in [-0.4, -0.2) is 58.0 Å². The Bertz CT molecular complexity index is 448. The summed E-state index contributed by atoms with van der Waals surface area (Å²) in [5, 5.41) is 9.52. The molecule has 0 bridgehead atoms. The zero-order valence-corrected chi connectivity index (χ0v) is 18.1. The van der Waals surface area contributed by atoms with Gasteiger partial charge in [-0.2, -0.15) is 0 Å². The van der Waals surface area contributed by atoms with Gasteiger partial charge >= 0.3 is 5.97 Å². The summed E-state index contributed by atoms with van der Waals surface area (Å²) in [6, 6.07) is 1.23. The van der Waals surface area contributed by atoms with Crippen LogP contribution in [0.3, 0.4) is 0 Å². The van der Waals surface area contributed by atoms with Gasteiger partial charge in [0.2, 0.25) is 0 Å². The van der Waals surface area contributed by atoms with Crippen LogP contribution in [0.15, 0.2) is 12.2 Å². The highest BCUT2D eigenvalue weighted by molar-refractivity contribution is 7.38. The van der Waals surface area contributed by atoms with E-state index in [4.69, 9.17) is 13.9 Å². The van der Waals surface area contributed by atoms with Gasteiger partial charge in [0.1, 0.15) is 0 Å².